The number of carboxylic acids is 1. The molecule has 2 rings (SSSR count). The van der Waals surface area contributed by atoms with E-state index in [1.54, 1.807) is 0 Å². The fraction of sp³-hybridized carbons (Fsp3) is 0.182. The highest BCUT2D eigenvalue weighted by molar-refractivity contribution is 7.85. The number of hydrogen-bond donors (Lipinski definition) is 3. The minimum absolute atomic E-state index is 0.00359. The molecule has 112 valence electrons. The van der Waals surface area contributed by atoms with E-state index < -0.39 is 33.3 Å². The minimum atomic E-state index is -4.54. The molecule has 0 bridgehead atoms. The van der Waals surface area contributed by atoms with Crippen LogP contribution in [0.4, 0.5) is 11.4 Å². The number of nitrogens with zero attached hydrogens (tertiary/aromatic N) is 2. The normalized spacial score (nSPS) is 15.2. The molecule has 0 unspecified atom stereocenters. The average Bonchev–Trinajstić information content (AvgIpc) is 2.72. The lowest BCUT2D eigenvalue weighted by Gasteiger charge is -2.17. The number of carbonyl (C=O) groups is 2. The molecule has 0 saturated carbocycles. The Bertz CT molecular complexity index is 783. The summed E-state index contributed by atoms with van der Waals surface area (Å²) in [6.45, 7) is 1.35. The van der Waals surface area contributed by atoms with Crippen LogP contribution >= 0.6 is 0 Å². The molecule has 0 aromatic heterocycles. The van der Waals surface area contributed by atoms with Gasteiger partial charge in [-0.05, 0) is 24.6 Å². The van der Waals surface area contributed by atoms with Gasteiger partial charge in [0, 0.05) is 5.69 Å². The van der Waals surface area contributed by atoms with Gasteiger partial charge in [-0.1, -0.05) is 0 Å². The van der Waals surface area contributed by atoms with Crippen molar-refractivity contribution in [2.24, 2.45) is 5.10 Å². The summed E-state index contributed by atoms with van der Waals surface area (Å²) in [7, 11) is -4.54. The van der Waals surface area contributed by atoms with Crippen LogP contribution in [0.2, 0.25) is 0 Å². The maximum atomic E-state index is 11.8. The fourth-order valence-corrected chi connectivity index (χ4v) is 2.69. The second kappa shape index (κ2) is 4.82. The molecular formula is C11H11N3O6S. The number of nitrogens with two attached hydrogens (primary N) is 1. The quantitative estimate of drug-likeness (QED) is 0.525. The van der Waals surface area contributed by atoms with Gasteiger partial charge in [0.1, 0.15) is 4.90 Å². The fourth-order valence-electron chi connectivity index (χ4n) is 1.92. The Kier molecular flexibility index (Phi) is 3.43. The van der Waals surface area contributed by atoms with Crippen molar-refractivity contribution in [2.75, 3.05) is 10.7 Å². The molecule has 9 nitrogen and oxygen atoms in total. The van der Waals surface area contributed by atoms with Crippen molar-refractivity contribution in [2.45, 2.75) is 18.2 Å². The molecule has 1 heterocycles. The lowest BCUT2D eigenvalue weighted by Crippen LogP contribution is -2.21. The van der Waals surface area contributed by atoms with E-state index in [-0.39, 0.29) is 22.6 Å². The number of nitrogen functional groups attached to an aromatic ring is 1. The van der Waals surface area contributed by atoms with Crippen molar-refractivity contribution >= 4 is 39.1 Å². The van der Waals surface area contributed by atoms with Crippen molar-refractivity contribution in [1.82, 2.24) is 0 Å². The van der Waals surface area contributed by atoms with Gasteiger partial charge in [0.2, 0.25) is 0 Å². The van der Waals surface area contributed by atoms with E-state index in [9.17, 15) is 18.0 Å². The van der Waals surface area contributed by atoms with Crippen LogP contribution in [0.3, 0.4) is 0 Å². The standard InChI is InChI=1S/C11H11N3O6S/c1-5-8(2-6(12)3-9(5)21(18,19)20)14-10(15)4-7(13-14)11(16)17/h2-3H,4,12H2,1H3,(H,16,17)(H,18,19,20). The van der Waals surface area contributed by atoms with Gasteiger partial charge < -0.3 is 10.8 Å². The van der Waals surface area contributed by atoms with Gasteiger partial charge in [-0.15, -0.1) is 0 Å². The Morgan fingerprint density at radius 1 is 1.43 bits per heavy atom. The monoisotopic (exact) mass is 313 g/mol. The Morgan fingerprint density at radius 3 is 2.52 bits per heavy atom. The van der Waals surface area contributed by atoms with Gasteiger partial charge in [-0.2, -0.15) is 18.5 Å². The third-order valence-corrected chi connectivity index (χ3v) is 3.86. The molecule has 0 fully saturated rings. The zero-order valence-electron chi connectivity index (χ0n) is 10.8. The zero-order valence-corrected chi connectivity index (χ0v) is 11.6. The molecule has 1 aromatic carbocycles. The van der Waals surface area contributed by atoms with Crippen LogP contribution in [0.1, 0.15) is 12.0 Å². The summed E-state index contributed by atoms with van der Waals surface area (Å²) >= 11 is 0. The van der Waals surface area contributed by atoms with Crippen molar-refractivity contribution in [3.63, 3.8) is 0 Å². The van der Waals surface area contributed by atoms with E-state index in [0.29, 0.717) is 0 Å². The summed E-state index contributed by atoms with van der Waals surface area (Å²) in [5, 5.41) is 13.2. The number of rotatable bonds is 3. The smallest absolute Gasteiger partial charge is 0.352 e. The first kappa shape index (κ1) is 14.9. The minimum Gasteiger partial charge on any atom is -0.477 e. The third-order valence-electron chi connectivity index (χ3n) is 2.88. The van der Waals surface area contributed by atoms with E-state index in [1.807, 2.05) is 0 Å². The van der Waals surface area contributed by atoms with E-state index in [2.05, 4.69) is 5.10 Å². The third kappa shape index (κ3) is 2.71. The van der Waals surface area contributed by atoms with Crippen LogP contribution < -0.4 is 10.7 Å². The number of anilines is 2. The van der Waals surface area contributed by atoms with Crippen molar-refractivity contribution < 1.29 is 27.7 Å². The lowest BCUT2D eigenvalue weighted by molar-refractivity contribution is -0.129. The molecule has 21 heavy (non-hydrogen) atoms. The molecule has 1 aliphatic heterocycles. The van der Waals surface area contributed by atoms with Crippen LogP contribution in [-0.2, 0) is 19.7 Å². The molecule has 10 heteroatoms. The first-order valence-corrected chi connectivity index (χ1v) is 7.06. The highest BCUT2D eigenvalue weighted by Gasteiger charge is 2.31. The van der Waals surface area contributed by atoms with Gasteiger partial charge in [-0.3, -0.25) is 9.35 Å². The molecule has 0 aliphatic carbocycles. The molecule has 4 N–H and O–H groups in total. The molecule has 0 atom stereocenters. The van der Waals surface area contributed by atoms with Gasteiger partial charge in [0.15, 0.2) is 5.71 Å². The van der Waals surface area contributed by atoms with Crippen molar-refractivity contribution in [3.05, 3.63) is 17.7 Å². The maximum absolute atomic E-state index is 11.8. The number of carbonyl (C=O) groups excluding carboxylic acids is 1. The zero-order chi connectivity index (χ0) is 15.9. The van der Waals surface area contributed by atoms with E-state index in [1.165, 1.54) is 13.0 Å². The number of hydrogen-bond acceptors (Lipinski definition) is 6. The van der Waals surface area contributed by atoms with E-state index in [4.69, 9.17) is 15.4 Å². The summed E-state index contributed by atoms with van der Waals surface area (Å²) in [4.78, 5) is 22.2. The lowest BCUT2D eigenvalue weighted by atomic mass is 10.1. The Labute approximate surface area is 119 Å². The molecule has 0 radical (unpaired) electrons. The van der Waals surface area contributed by atoms with Gasteiger partial charge in [0.25, 0.3) is 16.0 Å². The summed E-state index contributed by atoms with van der Waals surface area (Å²) in [6.07, 6.45) is -0.412. The number of aliphatic carboxylic acids is 1. The summed E-state index contributed by atoms with van der Waals surface area (Å²) in [5.41, 5.74) is 5.21. The van der Waals surface area contributed by atoms with Crippen molar-refractivity contribution in [1.29, 1.82) is 0 Å². The highest BCUT2D eigenvalue weighted by Crippen LogP contribution is 2.31. The average molecular weight is 313 g/mol. The second-order valence-corrected chi connectivity index (χ2v) is 5.76. The largest absolute Gasteiger partial charge is 0.477 e. The van der Waals surface area contributed by atoms with Crippen LogP contribution in [0, 0.1) is 6.92 Å². The Hall–Kier alpha value is -2.46. The van der Waals surface area contributed by atoms with Crippen molar-refractivity contribution in [3.8, 4) is 0 Å². The van der Waals surface area contributed by atoms with Crippen LogP contribution in [0.15, 0.2) is 22.1 Å². The van der Waals surface area contributed by atoms with E-state index >= 15 is 0 Å². The highest BCUT2D eigenvalue weighted by atomic mass is 32.2. The number of amides is 1. The van der Waals surface area contributed by atoms with E-state index in [0.717, 1.165) is 11.1 Å². The van der Waals surface area contributed by atoms with Gasteiger partial charge >= 0.3 is 5.97 Å². The van der Waals surface area contributed by atoms with Gasteiger partial charge in [0.05, 0.1) is 12.1 Å². The van der Waals surface area contributed by atoms with Gasteiger partial charge in [-0.25, -0.2) is 4.79 Å². The van der Waals surface area contributed by atoms with Crippen LogP contribution in [0.5, 0.6) is 0 Å². The van der Waals surface area contributed by atoms with Crippen LogP contribution in [0.25, 0.3) is 0 Å². The summed E-state index contributed by atoms with van der Waals surface area (Å²) < 4.78 is 31.7. The molecule has 0 spiro atoms. The maximum Gasteiger partial charge on any atom is 0.352 e. The summed E-state index contributed by atoms with van der Waals surface area (Å²) in [5.74, 6) is -1.98. The predicted octanol–water partition coefficient (Wildman–Crippen LogP) is 0.00122. The molecule has 0 saturated heterocycles. The Morgan fingerprint density at radius 2 is 2.05 bits per heavy atom. The first-order valence-electron chi connectivity index (χ1n) is 5.62. The topological polar surface area (TPSA) is 150 Å². The Balaban J connectivity index is 2.63. The molecular weight excluding hydrogens is 302 g/mol. The summed E-state index contributed by atoms with van der Waals surface area (Å²) in [6, 6.07) is 2.31. The number of benzene rings is 1. The first-order chi connectivity index (χ1) is 9.61. The molecule has 1 aromatic rings. The number of carboxylic acid groups (broad SMARTS) is 1. The second-order valence-electron chi connectivity index (χ2n) is 4.37. The molecule has 1 amide bonds. The SMILES string of the molecule is Cc1c(N2N=C(C(=O)O)CC2=O)cc(N)cc1S(=O)(=O)O. The van der Waals surface area contributed by atoms with Crippen LogP contribution in [-0.4, -0.2) is 35.7 Å². The molecule has 1 aliphatic rings. The number of hydrazone groups is 1. The predicted molar refractivity (Wildman–Crippen MR) is 72.6 cm³/mol.